The Bertz CT molecular complexity index is 820. The van der Waals surface area contributed by atoms with Crippen molar-refractivity contribution in [2.24, 2.45) is 0 Å². The van der Waals surface area contributed by atoms with Gasteiger partial charge in [-0.15, -0.1) is 0 Å². The Kier molecular flexibility index (Phi) is 6.41. The van der Waals surface area contributed by atoms with Gasteiger partial charge in [0.1, 0.15) is 6.73 Å². The van der Waals surface area contributed by atoms with Crippen LogP contribution < -0.4 is 16.6 Å². The third kappa shape index (κ3) is 4.71. The van der Waals surface area contributed by atoms with E-state index in [1.54, 1.807) is 6.92 Å². The van der Waals surface area contributed by atoms with Crippen LogP contribution in [0.25, 0.3) is 0 Å². The van der Waals surface area contributed by atoms with E-state index < -0.39 is 5.69 Å². The predicted octanol–water partition coefficient (Wildman–Crippen LogP) is 2.44. The molecule has 1 fully saturated rings. The van der Waals surface area contributed by atoms with E-state index in [1.165, 1.54) is 23.8 Å². The van der Waals surface area contributed by atoms with Gasteiger partial charge in [0, 0.05) is 18.3 Å². The second-order valence-corrected chi connectivity index (χ2v) is 6.93. The van der Waals surface area contributed by atoms with Gasteiger partial charge < -0.3 is 10.1 Å². The average Bonchev–Trinajstić information content (AvgIpc) is 2.66. The zero-order chi connectivity index (χ0) is 18.4. The van der Waals surface area contributed by atoms with Crippen molar-refractivity contribution < 1.29 is 4.74 Å². The molecule has 1 aliphatic rings. The molecule has 26 heavy (non-hydrogen) atoms. The second-order valence-electron chi connectivity index (χ2n) is 6.93. The van der Waals surface area contributed by atoms with Gasteiger partial charge in [-0.1, -0.05) is 49.6 Å². The maximum Gasteiger partial charge on any atom is 0.330 e. The maximum absolute atomic E-state index is 12.2. The summed E-state index contributed by atoms with van der Waals surface area (Å²) in [7, 11) is 0. The molecular formula is C20H27N3O3. The van der Waals surface area contributed by atoms with Crippen molar-refractivity contribution in [2.75, 3.05) is 0 Å². The maximum atomic E-state index is 12.2. The standard InChI is InChI=1S/C20H27N3O3/c1-15-18(12-21-17-10-6-3-7-11-17)19(24)22-20(25)23(15)14-26-13-16-8-4-2-5-9-16/h2,4-5,8-9,17,21H,3,6-7,10-14H2,1H3,(H,22,24,25). The first kappa shape index (κ1) is 18.6. The van der Waals surface area contributed by atoms with Gasteiger partial charge in [0.25, 0.3) is 5.56 Å². The number of aromatic amines is 1. The van der Waals surface area contributed by atoms with Crippen molar-refractivity contribution in [3.8, 4) is 0 Å². The third-order valence-corrected chi connectivity index (χ3v) is 5.09. The molecule has 6 heteroatoms. The Morgan fingerprint density at radius 1 is 1.15 bits per heavy atom. The first-order chi connectivity index (χ1) is 12.6. The molecule has 1 heterocycles. The Hall–Kier alpha value is -2.18. The summed E-state index contributed by atoms with van der Waals surface area (Å²) < 4.78 is 7.17. The topological polar surface area (TPSA) is 76.1 Å². The van der Waals surface area contributed by atoms with Gasteiger partial charge in [-0.05, 0) is 25.3 Å². The second kappa shape index (κ2) is 8.96. The molecule has 6 nitrogen and oxygen atoms in total. The summed E-state index contributed by atoms with van der Waals surface area (Å²) in [5.74, 6) is 0. The lowest BCUT2D eigenvalue weighted by atomic mass is 9.95. The Labute approximate surface area is 153 Å². The van der Waals surface area contributed by atoms with E-state index in [-0.39, 0.29) is 12.3 Å². The van der Waals surface area contributed by atoms with Gasteiger partial charge in [0.15, 0.2) is 0 Å². The molecule has 3 rings (SSSR count). The number of H-pyrrole nitrogens is 1. The van der Waals surface area contributed by atoms with Gasteiger partial charge in [-0.3, -0.25) is 14.3 Å². The summed E-state index contributed by atoms with van der Waals surface area (Å²) in [4.78, 5) is 26.8. The molecule has 1 aliphatic carbocycles. The monoisotopic (exact) mass is 357 g/mol. The minimum atomic E-state index is -0.429. The molecule has 0 atom stereocenters. The molecule has 0 bridgehead atoms. The van der Waals surface area contributed by atoms with Crippen LogP contribution in [0.5, 0.6) is 0 Å². The fourth-order valence-electron chi connectivity index (χ4n) is 3.47. The van der Waals surface area contributed by atoms with Crippen LogP contribution in [0.2, 0.25) is 0 Å². The summed E-state index contributed by atoms with van der Waals surface area (Å²) in [5.41, 5.74) is 1.58. The molecular weight excluding hydrogens is 330 g/mol. The largest absolute Gasteiger partial charge is 0.356 e. The van der Waals surface area contributed by atoms with Crippen LogP contribution in [-0.4, -0.2) is 15.6 Å². The minimum absolute atomic E-state index is 0.118. The molecule has 0 aliphatic heterocycles. The van der Waals surface area contributed by atoms with Crippen LogP contribution in [0, 0.1) is 6.92 Å². The lowest BCUT2D eigenvalue weighted by Gasteiger charge is -2.23. The zero-order valence-electron chi connectivity index (χ0n) is 15.3. The van der Waals surface area contributed by atoms with Crippen molar-refractivity contribution >= 4 is 0 Å². The first-order valence-electron chi connectivity index (χ1n) is 9.33. The number of aromatic nitrogens is 2. The fraction of sp³-hybridized carbons (Fsp3) is 0.500. The number of ether oxygens (including phenoxy) is 1. The third-order valence-electron chi connectivity index (χ3n) is 5.09. The van der Waals surface area contributed by atoms with Crippen LogP contribution in [-0.2, 0) is 24.6 Å². The Balaban J connectivity index is 1.67. The molecule has 2 aromatic rings. The van der Waals surface area contributed by atoms with Crippen molar-refractivity contribution in [3.05, 3.63) is 68.0 Å². The van der Waals surface area contributed by atoms with Crippen LogP contribution in [0.4, 0.5) is 0 Å². The SMILES string of the molecule is Cc1c(CNC2CCCCC2)c(=O)[nH]c(=O)n1COCc1ccccc1. The van der Waals surface area contributed by atoms with E-state index in [0.717, 1.165) is 18.4 Å². The predicted molar refractivity (Wildman–Crippen MR) is 101 cm³/mol. The normalized spacial score (nSPS) is 15.3. The zero-order valence-corrected chi connectivity index (χ0v) is 15.3. The van der Waals surface area contributed by atoms with Gasteiger partial charge >= 0.3 is 5.69 Å². The molecule has 0 radical (unpaired) electrons. The quantitative estimate of drug-likeness (QED) is 0.798. The lowest BCUT2D eigenvalue weighted by molar-refractivity contribution is 0.0592. The van der Waals surface area contributed by atoms with Crippen LogP contribution in [0.3, 0.4) is 0 Å². The van der Waals surface area contributed by atoms with E-state index in [9.17, 15) is 9.59 Å². The van der Waals surface area contributed by atoms with Crippen molar-refractivity contribution in [2.45, 2.75) is 65.0 Å². The van der Waals surface area contributed by atoms with E-state index in [2.05, 4.69) is 10.3 Å². The summed E-state index contributed by atoms with van der Waals surface area (Å²) in [6.45, 7) is 2.82. The summed E-state index contributed by atoms with van der Waals surface area (Å²) >= 11 is 0. The first-order valence-corrected chi connectivity index (χ1v) is 9.33. The van der Waals surface area contributed by atoms with Crippen molar-refractivity contribution in [1.82, 2.24) is 14.9 Å². The highest BCUT2D eigenvalue weighted by molar-refractivity contribution is 5.16. The van der Waals surface area contributed by atoms with Gasteiger partial charge in [-0.25, -0.2) is 4.79 Å². The number of hydrogen-bond acceptors (Lipinski definition) is 4. The van der Waals surface area contributed by atoms with Crippen LogP contribution >= 0.6 is 0 Å². The van der Waals surface area contributed by atoms with Crippen LogP contribution in [0.15, 0.2) is 39.9 Å². The molecule has 2 N–H and O–H groups in total. The number of hydrogen-bond donors (Lipinski definition) is 2. The van der Waals surface area contributed by atoms with E-state index in [4.69, 9.17) is 4.74 Å². The smallest absolute Gasteiger partial charge is 0.330 e. The summed E-state index contributed by atoms with van der Waals surface area (Å²) in [5, 5.41) is 3.47. The lowest BCUT2D eigenvalue weighted by Crippen LogP contribution is -2.38. The molecule has 1 saturated carbocycles. The van der Waals surface area contributed by atoms with E-state index in [0.29, 0.717) is 30.5 Å². The molecule has 140 valence electrons. The number of rotatable bonds is 7. The summed E-state index contributed by atoms with van der Waals surface area (Å²) in [6.07, 6.45) is 6.06. The molecule has 0 saturated heterocycles. The van der Waals surface area contributed by atoms with Crippen molar-refractivity contribution in [3.63, 3.8) is 0 Å². The van der Waals surface area contributed by atoms with Gasteiger partial charge in [0.2, 0.25) is 0 Å². The van der Waals surface area contributed by atoms with E-state index >= 15 is 0 Å². The molecule has 0 unspecified atom stereocenters. The highest BCUT2D eigenvalue weighted by atomic mass is 16.5. The minimum Gasteiger partial charge on any atom is -0.356 e. The fourth-order valence-corrected chi connectivity index (χ4v) is 3.47. The van der Waals surface area contributed by atoms with Crippen molar-refractivity contribution in [1.29, 1.82) is 0 Å². The Morgan fingerprint density at radius 3 is 2.62 bits per heavy atom. The average molecular weight is 357 g/mol. The highest BCUT2D eigenvalue weighted by Gasteiger charge is 2.16. The van der Waals surface area contributed by atoms with Crippen LogP contribution in [0.1, 0.15) is 48.9 Å². The Morgan fingerprint density at radius 2 is 1.88 bits per heavy atom. The van der Waals surface area contributed by atoms with E-state index in [1.807, 2.05) is 30.3 Å². The van der Waals surface area contributed by atoms with Gasteiger partial charge in [-0.2, -0.15) is 0 Å². The molecule has 1 aromatic heterocycles. The highest BCUT2D eigenvalue weighted by Crippen LogP contribution is 2.17. The molecule has 1 aromatic carbocycles. The van der Waals surface area contributed by atoms with Gasteiger partial charge in [0.05, 0.1) is 12.2 Å². The summed E-state index contributed by atoms with van der Waals surface area (Å²) in [6, 6.07) is 10.3. The number of nitrogens with zero attached hydrogens (tertiary/aromatic N) is 1. The molecule has 0 amide bonds. The molecule has 0 spiro atoms. The number of benzene rings is 1. The number of nitrogens with one attached hydrogen (secondary N) is 2.